The molecule has 0 bridgehead atoms. The second-order valence-electron chi connectivity index (χ2n) is 4.93. The maximum Gasteiger partial charge on any atom is 0.127 e. The van der Waals surface area contributed by atoms with Crippen LogP contribution in [0.3, 0.4) is 0 Å². The van der Waals surface area contributed by atoms with Crippen molar-refractivity contribution in [3.05, 3.63) is 83.8 Å². The van der Waals surface area contributed by atoms with E-state index in [1.54, 1.807) is 6.26 Å². The summed E-state index contributed by atoms with van der Waals surface area (Å²) < 4.78 is 5.47. The van der Waals surface area contributed by atoms with Gasteiger partial charge in [0.15, 0.2) is 0 Å². The Balaban J connectivity index is 1.89. The summed E-state index contributed by atoms with van der Waals surface area (Å²) in [7, 11) is 0. The van der Waals surface area contributed by atoms with Gasteiger partial charge in [-0.3, -0.25) is 0 Å². The van der Waals surface area contributed by atoms with Crippen molar-refractivity contribution >= 4 is 0 Å². The van der Waals surface area contributed by atoms with Gasteiger partial charge in [-0.15, -0.1) is 0 Å². The van der Waals surface area contributed by atoms with Crippen LogP contribution in [-0.2, 0) is 0 Å². The molecule has 20 heavy (non-hydrogen) atoms. The largest absolute Gasteiger partial charge is 0.467 e. The van der Waals surface area contributed by atoms with Crippen LogP contribution in [0.1, 0.15) is 22.9 Å². The maximum absolute atomic E-state index is 6.26. The highest BCUT2D eigenvalue weighted by Crippen LogP contribution is 2.26. The maximum atomic E-state index is 6.26. The molecule has 1 unspecified atom stereocenters. The molecule has 2 nitrogen and oxygen atoms in total. The van der Waals surface area contributed by atoms with Crippen LogP contribution >= 0.6 is 0 Å². The molecule has 3 rings (SSSR count). The van der Waals surface area contributed by atoms with Gasteiger partial charge in [-0.1, -0.05) is 54.6 Å². The van der Waals surface area contributed by atoms with Crippen LogP contribution in [0.2, 0.25) is 0 Å². The molecule has 1 atom stereocenters. The first-order valence-electron chi connectivity index (χ1n) is 6.70. The Kier molecular flexibility index (Phi) is 3.40. The van der Waals surface area contributed by atoms with Gasteiger partial charge in [0.25, 0.3) is 0 Å². The molecule has 1 heterocycles. The van der Waals surface area contributed by atoms with E-state index in [0.29, 0.717) is 0 Å². The fourth-order valence-corrected chi connectivity index (χ4v) is 2.37. The molecule has 0 amide bonds. The fourth-order valence-electron chi connectivity index (χ4n) is 2.37. The Morgan fingerprint density at radius 2 is 1.50 bits per heavy atom. The van der Waals surface area contributed by atoms with Gasteiger partial charge in [0.05, 0.1) is 12.3 Å². The van der Waals surface area contributed by atoms with E-state index in [1.807, 2.05) is 31.2 Å². The number of nitrogens with two attached hydrogens (primary N) is 1. The van der Waals surface area contributed by atoms with Crippen molar-refractivity contribution in [2.75, 3.05) is 0 Å². The zero-order chi connectivity index (χ0) is 13.9. The molecule has 0 aliphatic carbocycles. The van der Waals surface area contributed by atoms with E-state index in [0.717, 1.165) is 16.9 Å². The van der Waals surface area contributed by atoms with E-state index < -0.39 is 0 Å². The molecule has 2 aromatic carbocycles. The summed E-state index contributed by atoms with van der Waals surface area (Å²) in [5.74, 6) is 0.831. The van der Waals surface area contributed by atoms with Crippen molar-refractivity contribution in [1.29, 1.82) is 0 Å². The molecule has 100 valence electrons. The van der Waals surface area contributed by atoms with Crippen LogP contribution < -0.4 is 5.73 Å². The molecular formula is C18H17NO. The molecule has 1 aromatic heterocycles. The zero-order valence-electron chi connectivity index (χ0n) is 11.4. The van der Waals surface area contributed by atoms with Gasteiger partial charge in [-0.05, 0) is 35.2 Å². The SMILES string of the molecule is Cc1ccoc1C(N)c1ccc(-c2ccccc2)cc1. The Bertz CT molecular complexity index is 683. The van der Waals surface area contributed by atoms with Gasteiger partial charge >= 0.3 is 0 Å². The van der Waals surface area contributed by atoms with Crippen LogP contribution in [0.4, 0.5) is 0 Å². The molecule has 0 saturated heterocycles. The lowest BCUT2D eigenvalue weighted by Gasteiger charge is -2.11. The molecule has 0 saturated carbocycles. The first-order chi connectivity index (χ1) is 9.75. The number of aryl methyl sites for hydroxylation is 1. The van der Waals surface area contributed by atoms with E-state index >= 15 is 0 Å². The lowest BCUT2D eigenvalue weighted by atomic mass is 9.99. The van der Waals surface area contributed by atoms with E-state index in [4.69, 9.17) is 10.2 Å². The third-order valence-electron chi connectivity index (χ3n) is 3.56. The monoisotopic (exact) mass is 263 g/mol. The lowest BCUT2D eigenvalue weighted by molar-refractivity contribution is 0.487. The van der Waals surface area contributed by atoms with Gasteiger partial charge in [-0.25, -0.2) is 0 Å². The number of furan rings is 1. The van der Waals surface area contributed by atoms with Crippen LogP contribution in [0.15, 0.2) is 71.3 Å². The quantitative estimate of drug-likeness (QED) is 0.765. The van der Waals surface area contributed by atoms with E-state index in [-0.39, 0.29) is 6.04 Å². The Morgan fingerprint density at radius 3 is 2.10 bits per heavy atom. The predicted molar refractivity (Wildman–Crippen MR) is 81.4 cm³/mol. The second kappa shape index (κ2) is 5.35. The minimum Gasteiger partial charge on any atom is -0.467 e. The zero-order valence-corrected chi connectivity index (χ0v) is 11.4. The van der Waals surface area contributed by atoms with Crippen LogP contribution in [0.5, 0.6) is 0 Å². The van der Waals surface area contributed by atoms with Crippen LogP contribution in [0, 0.1) is 6.92 Å². The lowest BCUT2D eigenvalue weighted by Crippen LogP contribution is -2.11. The van der Waals surface area contributed by atoms with E-state index in [2.05, 4.69) is 36.4 Å². The van der Waals surface area contributed by atoms with Gasteiger partial charge in [0.2, 0.25) is 0 Å². The summed E-state index contributed by atoms with van der Waals surface area (Å²) >= 11 is 0. The molecule has 3 aromatic rings. The van der Waals surface area contributed by atoms with Gasteiger partial charge in [0, 0.05) is 0 Å². The summed E-state index contributed by atoms with van der Waals surface area (Å²) in [6.07, 6.45) is 1.68. The molecule has 0 aliphatic rings. The van der Waals surface area contributed by atoms with Gasteiger partial charge in [-0.2, -0.15) is 0 Å². The third-order valence-corrected chi connectivity index (χ3v) is 3.56. The topological polar surface area (TPSA) is 39.2 Å². The predicted octanol–water partition coefficient (Wildman–Crippen LogP) is 4.30. The van der Waals surface area contributed by atoms with Crippen LogP contribution in [0.25, 0.3) is 11.1 Å². The Labute approximate surface area is 118 Å². The summed E-state index contributed by atoms with van der Waals surface area (Å²) in [6.45, 7) is 2.01. The molecule has 0 aliphatic heterocycles. The highest BCUT2D eigenvalue weighted by molar-refractivity contribution is 5.63. The van der Waals surface area contributed by atoms with E-state index in [1.165, 1.54) is 11.1 Å². The van der Waals surface area contributed by atoms with Gasteiger partial charge < -0.3 is 10.2 Å². The number of hydrogen-bond acceptors (Lipinski definition) is 2. The normalized spacial score (nSPS) is 12.3. The summed E-state index contributed by atoms with van der Waals surface area (Å²) in [6, 6.07) is 20.4. The van der Waals surface area contributed by atoms with Crippen molar-refractivity contribution in [3.63, 3.8) is 0 Å². The van der Waals surface area contributed by atoms with E-state index in [9.17, 15) is 0 Å². The van der Waals surface area contributed by atoms with Crippen molar-refractivity contribution < 1.29 is 4.42 Å². The number of rotatable bonds is 3. The first-order valence-corrected chi connectivity index (χ1v) is 6.70. The molecule has 0 fully saturated rings. The number of benzene rings is 2. The average molecular weight is 263 g/mol. The third kappa shape index (κ3) is 2.38. The first kappa shape index (κ1) is 12.7. The minimum absolute atomic E-state index is 0.213. The highest BCUT2D eigenvalue weighted by Gasteiger charge is 2.14. The molecule has 2 N–H and O–H groups in total. The fraction of sp³-hybridized carbons (Fsp3) is 0.111. The standard InChI is InChI=1S/C18H17NO/c1-13-11-12-20-18(13)17(19)16-9-7-15(8-10-16)14-5-3-2-4-6-14/h2-12,17H,19H2,1H3. The molecular weight excluding hydrogens is 246 g/mol. The summed E-state index contributed by atoms with van der Waals surface area (Å²) in [5.41, 5.74) is 10.8. The molecule has 0 radical (unpaired) electrons. The van der Waals surface area contributed by atoms with Crippen LogP contribution in [-0.4, -0.2) is 0 Å². The van der Waals surface area contributed by atoms with Crippen molar-refractivity contribution in [2.24, 2.45) is 5.73 Å². The van der Waals surface area contributed by atoms with Crippen molar-refractivity contribution in [2.45, 2.75) is 13.0 Å². The smallest absolute Gasteiger partial charge is 0.127 e. The summed E-state index contributed by atoms with van der Waals surface area (Å²) in [5, 5.41) is 0. The Hall–Kier alpha value is -2.32. The average Bonchev–Trinajstić information content (AvgIpc) is 2.94. The molecule has 0 spiro atoms. The van der Waals surface area contributed by atoms with Gasteiger partial charge in [0.1, 0.15) is 5.76 Å². The Morgan fingerprint density at radius 1 is 0.850 bits per heavy atom. The van der Waals surface area contributed by atoms with Crippen molar-refractivity contribution in [1.82, 2.24) is 0 Å². The highest BCUT2D eigenvalue weighted by atomic mass is 16.3. The van der Waals surface area contributed by atoms with Crippen molar-refractivity contribution in [3.8, 4) is 11.1 Å². The summed E-state index contributed by atoms with van der Waals surface area (Å²) in [4.78, 5) is 0. The minimum atomic E-state index is -0.213. The molecule has 2 heteroatoms. The second-order valence-corrected chi connectivity index (χ2v) is 4.93. The number of hydrogen-bond donors (Lipinski definition) is 1.